The molecular weight excluding hydrogens is 340 g/mol. The van der Waals surface area contributed by atoms with Gasteiger partial charge in [0.25, 0.3) is 17.7 Å². The first-order valence-corrected chi connectivity index (χ1v) is 8.38. The highest BCUT2D eigenvalue weighted by atomic mass is 16.5. The Balaban J connectivity index is 2.12. The van der Waals surface area contributed by atoms with E-state index in [-0.39, 0.29) is 23.2 Å². The molecule has 2 rings (SSSR count). The predicted molar refractivity (Wildman–Crippen MR) is 91.9 cm³/mol. The van der Waals surface area contributed by atoms with Gasteiger partial charge in [0.2, 0.25) is 0 Å². The van der Waals surface area contributed by atoms with Crippen molar-refractivity contribution in [1.82, 2.24) is 10.2 Å². The lowest BCUT2D eigenvalue weighted by molar-refractivity contribution is -0.128. The molecule has 0 radical (unpaired) electrons. The first-order chi connectivity index (χ1) is 12.4. The fraction of sp³-hybridized carbons (Fsp3) is 0.444. The Morgan fingerprint density at radius 1 is 1.19 bits per heavy atom. The highest BCUT2D eigenvalue weighted by Gasteiger charge is 2.35. The van der Waals surface area contributed by atoms with Crippen molar-refractivity contribution in [3.8, 4) is 0 Å². The van der Waals surface area contributed by atoms with Crippen LogP contribution in [0.25, 0.3) is 0 Å². The monoisotopic (exact) mass is 362 g/mol. The minimum absolute atomic E-state index is 0.111. The van der Waals surface area contributed by atoms with E-state index in [0.717, 1.165) is 4.90 Å². The normalized spacial score (nSPS) is 14.2. The number of amides is 3. The topological polar surface area (TPSA) is 102 Å². The lowest BCUT2D eigenvalue weighted by atomic mass is 10.1. The van der Waals surface area contributed by atoms with Crippen molar-refractivity contribution >= 4 is 23.7 Å². The Morgan fingerprint density at radius 2 is 1.88 bits per heavy atom. The molecule has 3 amide bonds. The summed E-state index contributed by atoms with van der Waals surface area (Å²) >= 11 is 0. The maximum absolute atomic E-state index is 12.4. The molecule has 1 aromatic carbocycles. The standard InChI is InChI=1S/C18H22N2O6/c1-4-19-15(21)11(2)26-18(24)12-6-7-13-14(10-12)17(23)20(16(13)22)8-5-9-25-3/h6-7,10-11H,4-5,8-9H2,1-3H3,(H,19,21)/t11-/m0/s1. The summed E-state index contributed by atoms with van der Waals surface area (Å²) in [5, 5.41) is 2.55. The zero-order valence-electron chi connectivity index (χ0n) is 15.0. The minimum atomic E-state index is -0.960. The van der Waals surface area contributed by atoms with Crippen molar-refractivity contribution in [2.24, 2.45) is 0 Å². The van der Waals surface area contributed by atoms with Crippen LogP contribution in [0.5, 0.6) is 0 Å². The van der Waals surface area contributed by atoms with Crippen molar-refractivity contribution in [3.63, 3.8) is 0 Å². The van der Waals surface area contributed by atoms with Gasteiger partial charge in [0.15, 0.2) is 6.10 Å². The Bertz CT molecular complexity index is 730. The van der Waals surface area contributed by atoms with E-state index in [0.29, 0.717) is 19.6 Å². The van der Waals surface area contributed by atoms with Crippen molar-refractivity contribution in [2.45, 2.75) is 26.4 Å². The summed E-state index contributed by atoms with van der Waals surface area (Å²) in [5.74, 6) is -1.98. The molecule has 0 saturated carbocycles. The van der Waals surface area contributed by atoms with Gasteiger partial charge in [-0.25, -0.2) is 4.79 Å². The molecule has 0 aliphatic carbocycles. The van der Waals surface area contributed by atoms with Gasteiger partial charge in [-0.2, -0.15) is 0 Å². The number of fused-ring (bicyclic) bond motifs is 1. The third kappa shape index (κ3) is 4.08. The quantitative estimate of drug-likeness (QED) is 0.420. The summed E-state index contributed by atoms with van der Waals surface area (Å²) in [6.07, 6.45) is -0.431. The molecule has 1 aliphatic heterocycles. The van der Waals surface area contributed by atoms with E-state index in [2.05, 4.69) is 5.32 Å². The Hall–Kier alpha value is -2.74. The number of nitrogens with one attached hydrogen (secondary N) is 1. The third-order valence-corrected chi connectivity index (χ3v) is 3.94. The van der Waals surface area contributed by atoms with Crippen molar-refractivity contribution in [1.29, 1.82) is 0 Å². The van der Waals surface area contributed by atoms with Crippen LogP contribution >= 0.6 is 0 Å². The first kappa shape index (κ1) is 19.6. The average Bonchev–Trinajstić information content (AvgIpc) is 2.86. The molecule has 26 heavy (non-hydrogen) atoms. The fourth-order valence-corrected chi connectivity index (χ4v) is 2.59. The van der Waals surface area contributed by atoms with Gasteiger partial charge in [-0.3, -0.25) is 19.3 Å². The van der Waals surface area contributed by atoms with E-state index < -0.39 is 29.8 Å². The number of methoxy groups -OCH3 is 1. The number of esters is 1. The Kier molecular flexibility index (Phi) is 6.46. The second-order valence-corrected chi connectivity index (χ2v) is 5.81. The number of benzene rings is 1. The first-order valence-electron chi connectivity index (χ1n) is 8.38. The molecule has 0 fully saturated rings. The summed E-state index contributed by atoms with van der Waals surface area (Å²) in [4.78, 5) is 49.8. The number of nitrogens with zero attached hydrogens (tertiary/aromatic N) is 1. The number of hydrogen-bond acceptors (Lipinski definition) is 6. The number of imide groups is 1. The van der Waals surface area contributed by atoms with E-state index >= 15 is 0 Å². The van der Waals surface area contributed by atoms with Gasteiger partial charge in [0, 0.05) is 26.8 Å². The fourth-order valence-electron chi connectivity index (χ4n) is 2.59. The van der Waals surface area contributed by atoms with Gasteiger partial charge < -0.3 is 14.8 Å². The van der Waals surface area contributed by atoms with Crippen molar-refractivity contribution < 1.29 is 28.7 Å². The summed E-state index contributed by atoms with van der Waals surface area (Å²) < 4.78 is 10.0. The number of carbonyl (C=O) groups excluding carboxylic acids is 4. The van der Waals surface area contributed by atoms with Gasteiger partial charge in [0.05, 0.1) is 16.7 Å². The van der Waals surface area contributed by atoms with Crippen LogP contribution in [0.2, 0.25) is 0 Å². The van der Waals surface area contributed by atoms with Crippen LogP contribution in [0.3, 0.4) is 0 Å². The zero-order valence-corrected chi connectivity index (χ0v) is 15.0. The number of ether oxygens (including phenoxy) is 2. The largest absolute Gasteiger partial charge is 0.449 e. The maximum atomic E-state index is 12.4. The molecular formula is C18H22N2O6. The van der Waals surface area contributed by atoms with E-state index in [1.54, 1.807) is 14.0 Å². The average molecular weight is 362 g/mol. The maximum Gasteiger partial charge on any atom is 0.338 e. The Labute approximate surface area is 151 Å². The van der Waals surface area contributed by atoms with E-state index in [9.17, 15) is 19.2 Å². The van der Waals surface area contributed by atoms with E-state index in [1.807, 2.05) is 0 Å². The number of hydrogen-bond donors (Lipinski definition) is 1. The van der Waals surface area contributed by atoms with Crippen LogP contribution in [-0.4, -0.2) is 61.5 Å². The van der Waals surface area contributed by atoms with Crippen LogP contribution in [0.1, 0.15) is 51.3 Å². The van der Waals surface area contributed by atoms with Crippen molar-refractivity contribution in [2.75, 3.05) is 26.8 Å². The molecule has 0 aromatic heterocycles. The number of likely N-dealkylation sites (N-methyl/N-ethyl adjacent to an activating group) is 1. The highest BCUT2D eigenvalue weighted by molar-refractivity contribution is 6.22. The van der Waals surface area contributed by atoms with Gasteiger partial charge in [-0.05, 0) is 38.5 Å². The van der Waals surface area contributed by atoms with Crippen LogP contribution < -0.4 is 5.32 Å². The smallest absolute Gasteiger partial charge is 0.338 e. The minimum Gasteiger partial charge on any atom is -0.449 e. The summed E-state index contributed by atoms with van der Waals surface area (Å²) in [6.45, 7) is 4.32. The lowest BCUT2D eigenvalue weighted by Gasteiger charge is -2.13. The predicted octanol–water partition coefficient (Wildman–Crippen LogP) is 1.00. The second-order valence-electron chi connectivity index (χ2n) is 5.81. The molecule has 8 nitrogen and oxygen atoms in total. The molecule has 0 unspecified atom stereocenters. The highest BCUT2D eigenvalue weighted by Crippen LogP contribution is 2.24. The van der Waals surface area contributed by atoms with Gasteiger partial charge in [-0.15, -0.1) is 0 Å². The van der Waals surface area contributed by atoms with Gasteiger partial charge in [-0.1, -0.05) is 0 Å². The van der Waals surface area contributed by atoms with E-state index in [4.69, 9.17) is 9.47 Å². The Morgan fingerprint density at radius 3 is 2.54 bits per heavy atom. The van der Waals surface area contributed by atoms with Crippen molar-refractivity contribution in [3.05, 3.63) is 34.9 Å². The zero-order chi connectivity index (χ0) is 19.3. The third-order valence-electron chi connectivity index (χ3n) is 3.94. The SMILES string of the molecule is CCNC(=O)[C@H](C)OC(=O)c1ccc2c(c1)C(=O)N(CCCOC)C2=O. The molecule has 1 aliphatic rings. The molecule has 1 aromatic rings. The lowest BCUT2D eigenvalue weighted by Crippen LogP contribution is -2.35. The van der Waals surface area contributed by atoms with Crippen LogP contribution in [0.4, 0.5) is 0 Å². The molecule has 1 heterocycles. The van der Waals surface area contributed by atoms with E-state index in [1.165, 1.54) is 25.1 Å². The number of carbonyl (C=O) groups is 4. The summed E-state index contributed by atoms with van der Waals surface area (Å²) in [6, 6.07) is 4.17. The molecule has 140 valence electrons. The summed E-state index contributed by atoms with van der Waals surface area (Å²) in [7, 11) is 1.54. The molecule has 0 spiro atoms. The molecule has 0 bridgehead atoms. The number of rotatable bonds is 8. The van der Waals surface area contributed by atoms with Gasteiger partial charge in [0.1, 0.15) is 0 Å². The molecule has 8 heteroatoms. The second kappa shape index (κ2) is 8.57. The van der Waals surface area contributed by atoms with Crippen LogP contribution in [-0.2, 0) is 14.3 Å². The van der Waals surface area contributed by atoms with Crippen LogP contribution in [0.15, 0.2) is 18.2 Å². The molecule has 1 N–H and O–H groups in total. The van der Waals surface area contributed by atoms with Gasteiger partial charge >= 0.3 is 5.97 Å². The molecule has 0 saturated heterocycles. The van der Waals surface area contributed by atoms with Crippen LogP contribution in [0, 0.1) is 0 Å². The molecule has 1 atom stereocenters. The summed E-state index contributed by atoms with van der Waals surface area (Å²) in [5.41, 5.74) is 0.521.